The Balaban J connectivity index is 0.00000364. The summed E-state index contributed by atoms with van der Waals surface area (Å²) >= 11 is 0. The molecule has 1 saturated heterocycles. The van der Waals surface area contributed by atoms with Crippen molar-refractivity contribution in [2.75, 3.05) is 52.2 Å². The highest BCUT2D eigenvalue weighted by atomic mass is 127. The molecule has 27 heavy (non-hydrogen) atoms. The van der Waals surface area contributed by atoms with Crippen molar-refractivity contribution in [1.29, 1.82) is 0 Å². The Morgan fingerprint density at radius 3 is 2.41 bits per heavy atom. The molecule has 1 heterocycles. The molecule has 0 amide bonds. The number of nitrogens with one attached hydrogen (secondary N) is 2. The third-order valence-electron chi connectivity index (χ3n) is 4.49. The maximum Gasteiger partial charge on any atom is 0.215 e. The predicted molar refractivity (Wildman–Crippen MR) is 120 cm³/mol. The van der Waals surface area contributed by atoms with Gasteiger partial charge in [0, 0.05) is 38.6 Å². The van der Waals surface area contributed by atoms with E-state index in [9.17, 15) is 8.42 Å². The van der Waals surface area contributed by atoms with Crippen LogP contribution in [0.15, 0.2) is 35.3 Å². The summed E-state index contributed by atoms with van der Waals surface area (Å²) in [4.78, 5) is 4.18. The van der Waals surface area contributed by atoms with Crippen LogP contribution in [0.25, 0.3) is 0 Å². The van der Waals surface area contributed by atoms with Crippen molar-refractivity contribution in [2.24, 2.45) is 4.99 Å². The SMILES string of the molecule is CN=C(NCCS(=O)(=O)N1CCOCC1)NCC(C)(C)c1ccccc1.I. The number of aliphatic imine (C=N–C) groups is 1. The van der Waals surface area contributed by atoms with Gasteiger partial charge in [0.1, 0.15) is 0 Å². The number of guanidine groups is 1. The summed E-state index contributed by atoms with van der Waals surface area (Å²) in [7, 11) is -1.58. The molecule has 1 fully saturated rings. The van der Waals surface area contributed by atoms with Crippen LogP contribution in [-0.2, 0) is 20.2 Å². The lowest BCUT2D eigenvalue weighted by Gasteiger charge is -2.27. The lowest BCUT2D eigenvalue weighted by atomic mass is 9.85. The van der Waals surface area contributed by atoms with Gasteiger partial charge in [-0.2, -0.15) is 4.31 Å². The molecule has 154 valence electrons. The molecule has 0 aromatic heterocycles. The number of nitrogens with zero attached hydrogens (tertiary/aromatic N) is 2. The number of morpholine rings is 1. The molecule has 1 aromatic rings. The Hall–Kier alpha value is -0.910. The van der Waals surface area contributed by atoms with Crippen molar-refractivity contribution in [3.63, 3.8) is 0 Å². The average molecular weight is 510 g/mol. The monoisotopic (exact) mass is 510 g/mol. The normalized spacial score (nSPS) is 16.5. The summed E-state index contributed by atoms with van der Waals surface area (Å²) in [6.45, 7) is 7.10. The minimum atomic E-state index is -3.27. The van der Waals surface area contributed by atoms with Crippen molar-refractivity contribution in [2.45, 2.75) is 19.3 Å². The molecule has 7 nitrogen and oxygen atoms in total. The molecule has 0 radical (unpaired) electrons. The van der Waals surface area contributed by atoms with E-state index in [0.717, 1.165) is 0 Å². The van der Waals surface area contributed by atoms with E-state index in [1.807, 2.05) is 18.2 Å². The molecule has 1 aromatic carbocycles. The van der Waals surface area contributed by atoms with Crippen LogP contribution in [-0.4, -0.2) is 70.9 Å². The third-order valence-corrected chi connectivity index (χ3v) is 6.36. The first-order valence-corrected chi connectivity index (χ1v) is 10.5. The van der Waals surface area contributed by atoms with Gasteiger partial charge >= 0.3 is 0 Å². The molecule has 0 aliphatic carbocycles. The number of rotatable bonds is 7. The van der Waals surface area contributed by atoms with Crippen molar-refractivity contribution in [3.05, 3.63) is 35.9 Å². The van der Waals surface area contributed by atoms with Crippen molar-refractivity contribution < 1.29 is 13.2 Å². The van der Waals surface area contributed by atoms with Gasteiger partial charge in [0.05, 0.1) is 19.0 Å². The quantitative estimate of drug-likeness (QED) is 0.330. The zero-order valence-electron chi connectivity index (χ0n) is 16.3. The molecular weight excluding hydrogens is 479 g/mol. The van der Waals surface area contributed by atoms with E-state index in [1.165, 1.54) is 9.87 Å². The molecule has 1 aliphatic heterocycles. The molecule has 2 N–H and O–H groups in total. The summed E-state index contributed by atoms with van der Waals surface area (Å²) in [5.41, 5.74) is 1.16. The molecule has 9 heteroatoms. The van der Waals surface area contributed by atoms with E-state index < -0.39 is 10.0 Å². The van der Waals surface area contributed by atoms with Crippen LogP contribution in [0, 0.1) is 0 Å². The summed E-state index contributed by atoms with van der Waals surface area (Å²) in [6.07, 6.45) is 0. The number of hydrogen-bond donors (Lipinski definition) is 2. The summed E-state index contributed by atoms with van der Waals surface area (Å²) in [5, 5.41) is 6.37. The Labute approximate surface area is 180 Å². The minimum Gasteiger partial charge on any atom is -0.379 e. The van der Waals surface area contributed by atoms with E-state index in [0.29, 0.717) is 45.4 Å². The van der Waals surface area contributed by atoms with Gasteiger partial charge in [0.15, 0.2) is 5.96 Å². The van der Waals surface area contributed by atoms with Crippen molar-refractivity contribution >= 4 is 40.0 Å². The van der Waals surface area contributed by atoms with Crippen LogP contribution in [0.4, 0.5) is 0 Å². The van der Waals surface area contributed by atoms with E-state index in [1.54, 1.807) is 7.05 Å². The second-order valence-electron chi connectivity index (χ2n) is 6.93. The topological polar surface area (TPSA) is 83.0 Å². The van der Waals surface area contributed by atoms with Gasteiger partial charge in [-0.3, -0.25) is 4.99 Å². The fourth-order valence-electron chi connectivity index (χ4n) is 2.77. The fourth-order valence-corrected chi connectivity index (χ4v) is 4.09. The number of sulfonamides is 1. The molecule has 0 bridgehead atoms. The van der Waals surface area contributed by atoms with E-state index in [4.69, 9.17) is 4.74 Å². The maximum absolute atomic E-state index is 12.3. The Morgan fingerprint density at radius 2 is 1.81 bits per heavy atom. The molecule has 1 aliphatic rings. The Bertz CT molecular complexity index is 690. The second-order valence-corrected chi connectivity index (χ2v) is 9.02. The van der Waals surface area contributed by atoms with Crippen LogP contribution >= 0.6 is 24.0 Å². The Kier molecular flexibility index (Phi) is 9.99. The number of benzene rings is 1. The fraction of sp³-hybridized carbons (Fsp3) is 0.611. The molecule has 0 unspecified atom stereocenters. The van der Waals surface area contributed by atoms with Gasteiger partial charge in [0.25, 0.3) is 0 Å². The van der Waals surface area contributed by atoms with Crippen molar-refractivity contribution in [1.82, 2.24) is 14.9 Å². The van der Waals surface area contributed by atoms with Crippen molar-refractivity contribution in [3.8, 4) is 0 Å². The van der Waals surface area contributed by atoms with Crippen LogP contribution in [0.3, 0.4) is 0 Å². The summed E-state index contributed by atoms with van der Waals surface area (Å²) in [6, 6.07) is 10.3. The minimum absolute atomic E-state index is 0. The summed E-state index contributed by atoms with van der Waals surface area (Å²) in [5.74, 6) is 0.640. The van der Waals surface area contributed by atoms with Gasteiger partial charge in [-0.05, 0) is 5.56 Å². The summed E-state index contributed by atoms with van der Waals surface area (Å²) < 4.78 is 31.4. The molecule has 0 saturated carbocycles. The van der Waals surface area contributed by atoms with Crippen LogP contribution in [0.1, 0.15) is 19.4 Å². The second kappa shape index (κ2) is 11.2. The van der Waals surface area contributed by atoms with Gasteiger partial charge in [-0.1, -0.05) is 44.2 Å². The average Bonchev–Trinajstić information content (AvgIpc) is 2.66. The van der Waals surface area contributed by atoms with E-state index in [-0.39, 0.29) is 35.1 Å². The van der Waals surface area contributed by atoms with Gasteiger partial charge in [0.2, 0.25) is 10.0 Å². The predicted octanol–water partition coefficient (Wildman–Crippen LogP) is 1.41. The van der Waals surface area contributed by atoms with Crippen LogP contribution in [0.2, 0.25) is 0 Å². The molecular formula is C18H31IN4O3S. The van der Waals surface area contributed by atoms with Gasteiger partial charge in [-0.25, -0.2) is 8.42 Å². The first-order chi connectivity index (χ1) is 12.3. The largest absolute Gasteiger partial charge is 0.379 e. The van der Waals surface area contributed by atoms with Gasteiger partial charge in [-0.15, -0.1) is 24.0 Å². The molecule has 0 atom stereocenters. The van der Waals surface area contributed by atoms with Gasteiger partial charge < -0.3 is 15.4 Å². The lowest BCUT2D eigenvalue weighted by Crippen LogP contribution is -2.47. The number of ether oxygens (including phenoxy) is 1. The number of halogens is 1. The van der Waals surface area contributed by atoms with Crippen LogP contribution < -0.4 is 10.6 Å². The molecule has 0 spiro atoms. The smallest absolute Gasteiger partial charge is 0.215 e. The third kappa shape index (κ3) is 7.55. The highest BCUT2D eigenvalue weighted by molar-refractivity contribution is 14.0. The first kappa shape index (κ1) is 24.1. The zero-order chi connectivity index (χ0) is 19.0. The van der Waals surface area contributed by atoms with Crippen LogP contribution in [0.5, 0.6) is 0 Å². The molecule has 2 rings (SSSR count). The highest BCUT2D eigenvalue weighted by Gasteiger charge is 2.24. The number of hydrogen-bond acceptors (Lipinski definition) is 4. The lowest BCUT2D eigenvalue weighted by molar-refractivity contribution is 0.0730. The Morgan fingerprint density at radius 1 is 1.19 bits per heavy atom. The highest BCUT2D eigenvalue weighted by Crippen LogP contribution is 2.21. The maximum atomic E-state index is 12.3. The first-order valence-electron chi connectivity index (χ1n) is 8.91. The van der Waals surface area contributed by atoms with E-state index in [2.05, 4.69) is 41.6 Å². The standard InChI is InChI=1S/C18H30N4O3S.HI/c1-18(2,16-7-5-4-6-8-16)15-21-17(19-3)20-9-14-26(23,24)22-10-12-25-13-11-22;/h4-8H,9-15H2,1-3H3,(H2,19,20,21);1H. The zero-order valence-corrected chi connectivity index (χ0v) is 19.4. The van der Waals surface area contributed by atoms with E-state index >= 15 is 0 Å².